The highest BCUT2D eigenvalue weighted by Crippen LogP contribution is 2.41. The van der Waals surface area contributed by atoms with E-state index >= 15 is 0 Å². The van der Waals surface area contributed by atoms with Crippen LogP contribution in [-0.2, 0) is 4.74 Å². The van der Waals surface area contributed by atoms with Gasteiger partial charge in [0, 0.05) is 30.3 Å². The lowest BCUT2D eigenvalue weighted by Crippen LogP contribution is -2.46. The Hall–Kier alpha value is -3.26. The number of carbonyl (C=O) groups excluding carboxylic acids is 1. The minimum Gasteiger partial charge on any atom is -0.444 e. The van der Waals surface area contributed by atoms with Crippen LogP contribution in [0.5, 0.6) is 0 Å². The molecule has 0 spiro atoms. The number of halogens is 2. The van der Waals surface area contributed by atoms with Crippen LogP contribution >= 0.6 is 15.9 Å². The number of ether oxygens (including phenoxy) is 1. The van der Waals surface area contributed by atoms with Crippen molar-refractivity contribution in [2.75, 3.05) is 18.0 Å². The lowest BCUT2D eigenvalue weighted by molar-refractivity contribution is -0.385. The topological polar surface area (TPSA) is 121 Å². The van der Waals surface area contributed by atoms with Crippen LogP contribution in [0.3, 0.4) is 0 Å². The fourth-order valence-corrected chi connectivity index (χ4v) is 4.26. The van der Waals surface area contributed by atoms with Gasteiger partial charge in [0.25, 0.3) is 0 Å². The molecule has 1 amide bonds. The van der Waals surface area contributed by atoms with Gasteiger partial charge >= 0.3 is 11.8 Å². The fourth-order valence-electron chi connectivity index (χ4n) is 3.75. The van der Waals surface area contributed by atoms with Gasteiger partial charge in [-0.05, 0) is 68.6 Å². The number of piperidine rings is 1. The van der Waals surface area contributed by atoms with E-state index in [2.05, 4.69) is 26.2 Å². The summed E-state index contributed by atoms with van der Waals surface area (Å²) in [6.07, 6.45) is 0.599. The zero-order valence-corrected chi connectivity index (χ0v) is 20.9. The summed E-state index contributed by atoms with van der Waals surface area (Å²) in [5.74, 6) is -0.513. The molecule has 3 rings (SSSR count). The number of pyridine rings is 1. The van der Waals surface area contributed by atoms with Crippen molar-refractivity contribution in [3.63, 3.8) is 0 Å². The minimum atomic E-state index is -0.694. The van der Waals surface area contributed by atoms with Gasteiger partial charge in [-0.25, -0.2) is 14.2 Å². The standard InChI is InChI=1S/C23H25BrFN5O4/c1-13-18(24)19(14-5-6-15(12-26)17(25)11-14)28-21(20(13)30(32)33)29-9-7-16(8-10-29)27-22(31)34-23(2,3)4/h5-6,11,16H,7-10H2,1-4H3,(H,27,31). The number of nitrogens with zero attached hydrogens (tertiary/aromatic N) is 4. The van der Waals surface area contributed by atoms with Crippen molar-refractivity contribution in [2.24, 2.45) is 0 Å². The average Bonchev–Trinajstić information content (AvgIpc) is 2.74. The summed E-state index contributed by atoms with van der Waals surface area (Å²) in [6.45, 7) is 7.81. The van der Waals surface area contributed by atoms with Crippen LogP contribution in [0.2, 0.25) is 0 Å². The van der Waals surface area contributed by atoms with Gasteiger partial charge < -0.3 is 15.0 Å². The second-order valence-electron chi connectivity index (χ2n) is 9.04. The van der Waals surface area contributed by atoms with Crippen LogP contribution in [0.4, 0.5) is 20.7 Å². The Morgan fingerprint density at radius 3 is 2.56 bits per heavy atom. The average molecular weight is 534 g/mol. The summed E-state index contributed by atoms with van der Waals surface area (Å²) in [4.78, 5) is 29.9. The molecule has 0 radical (unpaired) electrons. The van der Waals surface area contributed by atoms with Crippen molar-refractivity contribution in [1.29, 1.82) is 5.26 Å². The van der Waals surface area contributed by atoms with Crippen molar-refractivity contribution in [1.82, 2.24) is 10.3 Å². The Morgan fingerprint density at radius 2 is 2.03 bits per heavy atom. The number of rotatable bonds is 4. The third-order valence-corrected chi connectivity index (χ3v) is 6.35. The number of benzene rings is 1. The molecule has 9 nitrogen and oxygen atoms in total. The first kappa shape index (κ1) is 25.4. The van der Waals surface area contributed by atoms with E-state index in [4.69, 9.17) is 10.00 Å². The molecule has 0 bridgehead atoms. The lowest BCUT2D eigenvalue weighted by atomic mass is 10.0. The first-order valence-electron chi connectivity index (χ1n) is 10.7. The molecule has 1 saturated heterocycles. The van der Waals surface area contributed by atoms with Crippen LogP contribution in [0.1, 0.15) is 44.7 Å². The molecule has 0 unspecified atom stereocenters. The summed E-state index contributed by atoms with van der Waals surface area (Å²) >= 11 is 3.38. The monoisotopic (exact) mass is 533 g/mol. The van der Waals surface area contributed by atoms with Gasteiger partial charge in [0.15, 0.2) is 0 Å². The molecule has 1 aliphatic rings. The molecule has 34 heavy (non-hydrogen) atoms. The molecule has 0 atom stereocenters. The lowest BCUT2D eigenvalue weighted by Gasteiger charge is -2.33. The Kier molecular flexibility index (Phi) is 7.41. The fraction of sp³-hybridized carbons (Fsp3) is 0.435. The predicted octanol–water partition coefficient (Wildman–Crippen LogP) is 5.23. The summed E-state index contributed by atoms with van der Waals surface area (Å²) in [5.41, 5.74) is 0.260. The molecule has 1 aromatic heterocycles. The highest BCUT2D eigenvalue weighted by molar-refractivity contribution is 9.10. The number of nitrogens with one attached hydrogen (secondary N) is 1. The van der Waals surface area contributed by atoms with Crippen molar-refractivity contribution < 1.29 is 18.8 Å². The Balaban J connectivity index is 1.90. The molecule has 2 aromatic rings. The Morgan fingerprint density at radius 1 is 1.38 bits per heavy atom. The summed E-state index contributed by atoms with van der Waals surface area (Å²) in [6, 6.07) is 5.74. The number of anilines is 1. The Bertz CT molecular complexity index is 1170. The number of aromatic nitrogens is 1. The zero-order chi connectivity index (χ0) is 25.2. The normalized spacial score (nSPS) is 14.4. The first-order chi connectivity index (χ1) is 15.9. The summed E-state index contributed by atoms with van der Waals surface area (Å²) in [7, 11) is 0. The highest BCUT2D eigenvalue weighted by Gasteiger charge is 2.32. The molecule has 11 heteroatoms. The molecule has 180 valence electrons. The van der Waals surface area contributed by atoms with Gasteiger partial charge in [-0.2, -0.15) is 5.26 Å². The molecule has 1 fully saturated rings. The zero-order valence-electron chi connectivity index (χ0n) is 19.3. The number of nitro groups is 1. The number of amides is 1. The predicted molar refractivity (Wildman–Crippen MR) is 128 cm³/mol. The van der Waals surface area contributed by atoms with Crippen molar-refractivity contribution in [3.05, 3.63) is 49.7 Å². The van der Waals surface area contributed by atoms with E-state index in [0.717, 1.165) is 0 Å². The maximum atomic E-state index is 14.3. The highest BCUT2D eigenvalue weighted by atomic mass is 79.9. The smallest absolute Gasteiger partial charge is 0.407 e. The molecule has 1 N–H and O–H groups in total. The maximum absolute atomic E-state index is 14.3. The van der Waals surface area contributed by atoms with Crippen LogP contribution in [-0.4, -0.2) is 40.7 Å². The molecule has 1 aliphatic heterocycles. The van der Waals surface area contributed by atoms with E-state index in [1.54, 1.807) is 44.7 Å². The Labute approximate surface area is 205 Å². The largest absolute Gasteiger partial charge is 0.444 e. The molecule has 1 aromatic carbocycles. The molecule has 2 heterocycles. The van der Waals surface area contributed by atoms with Gasteiger partial charge in [-0.15, -0.1) is 0 Å². The van der Waals surface area contributed by atoms with Crippen molar-refractivity contribution in [3.8, 4) is 17.3 Å². The van der Waals surface area contributed by atoms with Crippen LogP contribution in [0, 0.1) is 34.2 Å². The van der Waals surface area contributed by atoms with Crippen molar-refractivity contribution in [2.45, 2.75) is 52.2 Å². The van der Waals surface area contributed by atoms with E-state index < -0.39 is 22.4 Å². The van der Waals surface area contributed by atoms with Crippen LogP contribution < -0.4 is 10.2 Å². The van der Waals surface area contributed by atoms with E-state index in [0.29, 0.717) is 47.2 Å². The molecule has 0 saturated carbocycles. The number of hydrogen-bond donors (Lipinski definition) is 1. The van der Waals surface area contributed by atoms with Crippen molar-refractivity contribution >= 4 is 33.5 Å². The maximum Gasteiger partial charge on any atom is 0.407 e. The third kappa shape index (κ3) is 5.62. The van der Waals surface area contributed by atoms with Gasteiger partial charge in [0.1, 0.15) is 17.5 Å². The number of nitriles is 1. The minimum absolute atomic E-state index is 0.0988. The summed E-state index contributed by atoms with van der Waals surface area (Å²) < 4.78 is 19.9. The van der Waals surface area contributed by atoms with Gasteiger partial charge in [-0.3, -0.25) is 10.1 Å². The van der Waals surface area contributed by atoms with Crippen LogP contribution in [0.15, 0.2) is 22.7 Å². The number of alkyl carbamates (subject to hydrolysis) is 1. The van der Waals surface area contributed by atoms with Gasteiger partial charge in [-0.1, -0.05) is 6.07 Å². The molecular formula is C23H25BrFN5O4. The number of hydrogen-bond acceptors (Lipinski definition) is 7. The van der Waals surface area contributed by atoms with Gasteiger partial charge in [0.05, 0.1) is 20.7 Å². The van der Waals surface area contributed by atoms with E-state index in [1.165, 1.54) is 12.1 Å². The second kappa shape index (κ2) is 9.93. The molecular weight excluding hydrogens is 509 g/mol. The molecule has 0 aliphatic carbocycles. The second-order valence-corrected chi connectivity index (χ2v) is 9.84. The third-order valence-electron chi connectivity index (χ3n) is 5.38. The number of carbonyl (C=O) groups is 1. The summed E-state index contributed by atoms with van der Waals surface area (Å²) in [5, 5.41) is 23.7. The SMILES string of the molecule is Cc1c(Br)c(-c2ccc(C#N)c(F)c2)nc(N2CCC(NC(=O)OC(C)(C)C)CC2)c1[N+](=O)[O-]. The van der Waals surface area contributed by atoms with Gasteiger partial charge in [0.2, 0.25) is 5.82 Å². The first-order valence-corrected chi connectivity index (χ1v) is 11.5. The van der Waals surface area contributed by atoms with Crippen LogP contribution in [0.25, 0.3) is 11.3 Å². The quantitative estimate of drug-likeness (QED) is 0.421. The van der Waals surface area contributed by atoms with E-state index in [-0.39, 0.29) is 23.1 Å². The van der Waals surface area contributed by atoms with E-state index in [1.807, 2.05) is 0 Å². The van der Waals surface area contributed by atoms with E-state index in [9.17, 15) is 19.3 Å².